The van der Waals surface area contributed by atoms with E-state index < -0.39 is 11.9 Å². The van der Waals surface area contributed by atoms with Gasteiger partial charge >= 0.3 is 5.97 Å². The molecule has 0 radical (unpaired) electrons. The number of amides is 1. The molecule has 1 N–H and O–H groups in total. The number of methoxy groups -OCH3 is 1. The number of anilines is 1. The maximum absolute atomic E-state index is 12.0. The molecule has 0 fully saturated rings. The Balaban J connectivity index is 1.54. The van der Waals surface area contributed by atoms with E-state index in [1.54, 1.807) is 24.3 Å². The van der Waals surface area contributed by atoms with Gasteiger partial charge in [-0.3, -0.25) is 4.79 Å². The molecule has 5 nitrogen and oxygen atoms in total. The summed E-state index contributed by atoms with van der Waals surface area (Å²) in [6, 6.07) is 24.0. The Labute approximate surface area is 157 Å². The zero-order chi connectivity index (χ0) is 19.1. The second kappa shape index (κ2) is 8.67. The third-order valence-electron chi connectivity index (χ3n) is 3.92. The van der Waals surface area contributed by atoms with Gasteiger partial charge in [0.25, 0.3) is 5.91 Å². The van der Waals surface area contributed by atoms with Crippen LogP contribution >= 0.6 is 0 Å². The van der Waals surface area contributed by atoms with Crippen LogP contribution < -0.4 is 10.1 Å². The zero-order valence-corrected chi connectivity index (χ0v) is 14.8. The maximum atomic E-state index is 12.0. The van der Waals surface area contributed by atoms with Gasteiger partial charge in [0.2, 0.25) is 0 Å². The van der Waals surface area contributed by atoms with Crippen molar-refractivity contribution >= 4 is 17.6 Å². The number of carbonyl (C=O) groups excluding carboxylic acids is 2. The van der Waals surface area contributed by atoms with Crippen molar-refractivity contribution in [1.82, 2.24) is 0 Å². The summed E-state index contributed by atoms with van der Waals surface area (Å²) in [4.78, 5) is 24.0. The van der Waals surface area contributed by atoms with Crippen molar-refractivity contribution in [2.75, 3.05) is 19.0 Å². The van der Waals surface area contributed by atoms with Crippen LogP contribution in [0.2, 0.25) is 0 Å². The normalized spacial score (nSPS) is 10.1. The van der Waals surface area contributed by atoms with Gasteiger partial charge in [-0.15, -0.1) is 0 Å². The van der Waals surface area contributed by atoms with Crippen molar-refractivity contribution in [1.29, 1.82) is 0 Å². The second-order valence-corrected chi connectivity index (χ2v) is 5.80. The maximum Gasteiger partial charge on any atom is 0.338 e. The fraction of sp³-hybridized carbons (Fsp3) is 0.0909. The number of nitrogens with one attached hydrogen (secondary N) is 1. The zero-order valence-electron chi connectivity index (χ0n) is 14.8. The van der Waals surface area contributed by atoms with E-state index in [9.17, 15) is 9.59 Å². The molecule has 136 valence electrons. The molecule has 3 rings (SSSR count). The molecule has 5 heteroatoms. The van der Waals surface area contributed by atoms with Crippen LogP contribution in [0.25, 0.3) is 11.1 Å². The largest absolute Gasteiger partial charge is 0.497 e. The molecule has 0 aliphatic rings. The van der Waals surface area contributed by atoms with Crippen molar-refractivity contribution in [3.63, 3.8) is 0 Å². The molecule has 0 atom stereocenters. The molecular formula is C22H19NO4. The lowest BCUT2D eigenvalue weighted by Gasteiger charge is -2.08. The summed E-state index contributed by atoms with van der Waals surface area (Å²) >= 11 is 0. The molecule has 0 bridgehead atoms. The lowest BCUT2D eigenvalue weighted by Crippen LogP contribution is -2.20. The molecule has 0 aromatic heterocycles. The minimum Gasteiger partial charge on any atom is -0.497 e. The van der Waals surface area contributed by atoms with Gasteiger partial charge < -0.3 is 14.8 Å². The minimum atomic E-state index is -0.580. The fourth-order valence-electron chi connectivity index (χ4n) is 2.54. The number of rotatable bonds is 6. The molecule has 27 heavy (non-hydrogen) atoms. The first kappa shape index (κ1) is 18.2. The quantitative estimate of drug-likeness (QED) is 0.670. The topological polar surface area (TPSA) is 64.6 Å². The van der Waals surface area contributed by atoms with Crippen LogP contribution in [0.3, 0.4) is 0 Å². The minimum absolute atomic E-state index is 0.328. The molecule has 0 spiro atoms. The van der Waals surface area contributed by atoms with E-state index in [2.05, 4.69) is 5.32 Å². The second-order valence-electron chi connectivity index (χ2n) is 5.80. The Morgan fingerprint density at radius 1 is 0.852 bits per heavy atom. The predicted molar refractivity (Wildman–Crippen MR) is 104 cm³/mol. The SMILES string of the molecule is COc1cccc(C(=O)OCC(=O)Nc2ccc(-c3ccccc3)cc2)c1. The lowest BCUT2D eigenvalue weighted by molar-refractivity contribution is -0.119. The number of carbonyl (C=O) groups is 2. The van der Waals surface area contributed by atoms with Crippen LogP contribution in [0.1, 0.15) is 10.4 Å². The Morgan fingerprint density at radius 2 is 1.56 bits per heavy atom. The van der Waals surface area contributed by atoms with Gasteiger partial charge in [0, 0.05) is 5.69 Å². The number of benzene rings is 3. The van der Waals surface area contributed by atoms with Gasteiger partial charge in [0.05, 0.1) is 12.7 Å². The average Bonchev–Trinajstić information content (AvgIpc) is 2.73. The third kappa shape index (κ3) is 4.95. The van der Waals surface area contributed by atoms with E-state index in [1.165, 1.54) is 7.11 Å². The van der Waals surface area contributed by atoms with E-state index in [4.69, 9.17) is 9.47 Å². The molecule has 1 amide bonds. The summed E-state index contributed by atoms with van der Waals surface area (Å²) in [6.45, 7) is -0.365. The van der Waals surface area contributed by atoms with Crippen LogP contribution in [0, 0.1) is 0 Å². The molecule has 3 aromatic rings. The Kier molecular flexibility index (Phi) is 5.84. The van der Waals surface area contributed by atoms with Gasteiger partial charge in [-0.25, -0.2) is 4.79 Å². The van der Waals surface area contributed by atoms with E-state index >= 15 is 0 Å². The van der Waals surface area contributed by atoms with Crippen LogP contribution in [0.15, 0.2) is 78.9 Å². The van der Waals surface area contributed by atoms with E-state index in [-0.39, 0.29) is 6.61 Å². The van der Waals surface area contributed by atoms with Crippen LogP contribution in [-0.2, 0) is 9.53 Å². The third-order valence-corrected chi connectivity index (χ3v) is 3.92. The van der Waals surface area contributed by atoms with E-state index in [0.717, 1.165) is 11.1 Å². The number of hydrogen-bond donors (Lipinski definition) is 1. The van der Waals surface area contributed by atoms with Gasteiger partial charge in [-0.1, -0.05) is 48.5 Å². The van der Waals surface area contributed by atoms with E-state index in [0.29, 0.717) is 17.0 Å². The van der Waals surface area contributed by atoms with Crippen molar-refractivity contribution in [2.24, 2.45) is 0 Å². The first-order valence-electron chi connectivity index (χ1n) is 8.42. The summed E-state index contributed by atoms with van der Waals surface area (Å²) in [5.74, 6) is -0.436. The molecule has 0 heterocycles. The monoisotopic (exact) mass is 361 g/mol. The fourth-order valence-corrected chi connectivity index (χ4v) is 2.54. The van der Waals surface area contributed by atoms with Crippen LogP contribution in [-0.4, -0.2) is 25.6 Å². The first-order valence-corrected chi connectivity index (χ1v) is 8.42. The molecule has 0 aliphatic heterocycles. The van der Waals surface area contributed by atoms with Gasteiger partial charge in [0.15, 0.2) is 6.61 Å². The van der Waals surface area contributed by atoms with Gasteiger partial charge in [-0.2, -0.15) is 0 Å². The van der Waals surface area contributed by atoms with E-state index in [1.807, 2.05) is 54.6 Å². The highest BCUT2D eigenvalue weighted by Crippen LogP contribution is 2.21. The Hall–Kier alpha value is -3.60. The Bertz CT molecular complexity index is 921. The lowest BCUT2D eigenvalue weighted by atomic mass is 10.1. The molecule has 0 aliphatic carbocycles. The molecular weight excluding hydrogens is 342 g/mol. The number of ether oxygens (including phenoxy) is 2. The van der Waals surface area contributed by atoms with Gasteiger partial charge in [0.1, 0.15) is 5.75 Å². The first-order chi connectivity index (χ1) is 13.2. The molecule has 0 saturated heterocycles. The van der Waals surface area contributed by atoms with Crippen LogP contribution in [0.5, 0.6) is 5.75 Å². The number of hydrogen-bond acceptors (Lipinski definition) is 4. The van der Waals surface area contributed by atoms with Crippen molar-refractivity contribution in [3.05, 3.63) is 84.4 Å². The summed E-state index contributed by atoms with van der Waals surface area (Å²) in [5, 5.41) is 2.71. The average molecular weight is 361 g/mol. The highest BCUT2D eigenvalue weighted by molar-refractivity contribution is 5.95. The molecule has 0 saturated carbocycles. The van der Waals surface area contributed by atoms with Crippen molar-refractivity contribution in [3.8, 4) is 16.9 Å². The summed E-state index contributed by atoms with van der Waals surface area (Å²) in [5.41, 5.74) is 3.12. The summed E-state index contributed by atoms with van der Waals surface area (Å²) in [6.07, 6.45) is 0. The van der Waals surface area contributed by atoms with Crippen molar-refractivity contribution in [2.45, 2.75) is 0 Å². The Morgan fingerprint density at radius 3 is 2.26 bits per heavy atom. The summed E-state index contributed by atoms with van der Waals surface area (Å²) in [7, 11) is 1.51. The van der Waals surface area contributed by atoms with Crippen molar-refractivity contribution < 1.29 is 19.1 Å². The number of esters is 1. The van der Waals surface area contributed by atoms with Crippen LogP contribution in [0.4, 0.5) is 5.69 Å². The van der Waals surface area contributed by atoms with Gasteiger partial charge in [-0.05, 0) is 41.5 Å². The molecule has 0 unspecified atom stereocenters. The smallest absolute Gasteiger partial charge is 0.338 e. The highest BCUT2D eigenvalue weighted by atomic mass is 16.5. The standard InChI is InChI=1S/C22H19NO4/c1-26-20-9-5-8-18(14-20)22(25)27-15-21(24)23-19-12-10-17(11-13-19)16-6-3-2-4-7-16/h2-14H,15H2,1H3,(H,23,24). The predicted octanol–water partition coefficient (Wildman–Crippen LogP) is 4.16. The molecule has 3 aromatic carbocycles. The highest BCUT2D eigenvalue weighted by Gasteiger charge is 2.11. The summed E-state index contributed by atoms with van der Waals surface area (Å²) < 4.78 is 10.1.